The van der Waals surface area contributed by atoms with E-state index in [1.807, 2.05) is 4.90 Å². The molecule has 0 saturated carbocycles. The number of amides is 1. The van der Waals surface area contributed by atoms with Crippen LogP contribution in [-0.2, 0) is 9.53 Å². The zero-order valence-electron chi connectivity index (χ0n) is 11.2. The maximum atomic E-state index is 12.0. The first-order chi connectivity index (χ1) is 8.19. The Morgan fingerprint density at radius 1 is 1.59 bits per heavy atom. The van der Waals surface area contributed by atoms with E-state index >= 15 is 0 Å². The van der Waals surface area contributed by atoms with Gasteiger partial charge >= 0.3 is 0 Å². The SMILES string of the molecule is CCCC1CCN(C(=O)C(N)CCCOC)C1. The lowest BCUT2D eigenvalue weighted by Gasteiger charge is -2.20. The summed E-state index contributed by atoms with van der Waals surface area (Å²) in [6.07, 6.45) is 5.15. The molecule has 0 aromatic heterocycles. The van der Waals surface area contributed by atoms with Crippen molar-refractivity contribution in [1.29, 1.82) is 0 Å². The smallest absolute Gasteiger partial charge is 0.239 e. The number of hydrogen-bond donors (Lipinski definition) is 1. The molecule has 1 fully saturated rings. The van der Waals surface area contributed by atoms with Crippen molar-refractivity contribution in [3.05, 3.63) is 0 Å². The van der Waals surface area contributed by atoms with Gasteiger partial charge in [-0.1, -0.05) is 13.3 Å². The molecule has 1 rings (SSSR count). The zero-order chi connectivity index (χ0) is 12.7. The molecule has 1 amide bonds. The molecule has 0 bridgehead atoms. The van der Waals surface area contributed by atoms with E-state index < -0.39 is 0 Å². The number of likely N-dealkylation sites (tertiary alicyclic amines) is 1. The molecule has 100 valence electrons. The van der Waals surface area contributed by atoms with Crippen molar-refractivity contribution in [2.24, 2.45) is 11.7 Å². The minimum atomic E-state index is -0.342. The number of ether oxygens (including phenoxy) is 1. The predicted molar refractivity (Wildman–Crippen MR) is 68.7 cm³/mol. The van der Waals surface area contributed by atoms with Crippen LogP contribution in [0.1, 0.15) is 39.0 Å². The first-order valence-electron chi connectivity index (χ1n) is 6.72. The first kappa shape index (κ1) is 14.5. The summed E-state index contributed by atoms with van der Waals surface area (Å²) in [4.78, 5) is 14.0. The van der Waals surface area contributed by atoms with E-state index in [2.05, 4.69) is 6.92 Å². The second-order valence-electron chi connectivity index (χ2n) is 4.97. The van der Waals surface area contributed by atoms with Gasteiger partial charge in [0, 0.05) is 26.8 Å². The summed E-state index contributed by atoms with van der Waals surface area (Å²) in [7, 11) is 1.67. The number of nitrogens with zero attached hydrogens (tertiary/aromatic N) is 1. The van der Waals surface area contributed by atoms with Crippen molar-refractivity contribution in [2.75, 3.05) is 26.8 Å². The third-order valence-corrected chi connectivity index (χ3v) is 3.48. The summed E-state index contributed by atoms with van der Waals surface area (Å²) < 4.78 is 4.97. The van der Waals surface area contributed by atoms with Crippen LogP contribution in [-0.4, -0.2) is 43.7 Å². The topological polar surface area (TPSA) is 55.6 Å². The van der Waals surface area contributed by atoms with Crippen LogP contribution in [0.2, 0.25) is 0 Å². The average Bonchev–Trinajstić information content (AvgIpc) is 2.77. The third kappa shape index (κ3) is 4.64. The lowest BCUT2D eigenvalue weighted by molar-refractivity contribution is -0.131. The highest BCUT2D eigenvalue weighted by Crippen LogP contribution is 2.21. The van der Waals surface area contributed by atoms with E-state index in [-0.39, 0.29) is 11.9 Å². The highest BCUT2D eigenvalue weighted by atomic mass is 16.5. The second-order valence-corrected chi connectivity index (χ2v) is 4.97. The first-order valence-corrected chi connectivity index (χ1v) is 6.72. The number of rotatable bonds is 7. The van der Waals surface area contributed by atoms with E-state index in [0.717, 1.165) is 32.4 Å². The van der Waals surface area contributed by atoms with Crippen LogP contribution in [0.5, 0.6) is 0 Å². The molecule has 4 nitrogen and oxygen atoms in total. The van der Waals surface area contributed by atoms with Gasteiger partial charge in [-0.25, -0.2) is 0 Å². The summed E-state index contributed by atoms with van der Waals surface area (Å²) in [5.74, 6) is 0.815. The van der Waals surface area contributed by atoms with Crippen LogP contribution in [0.15, 0.2) is 0 Å². The Balaban J connectivity index is 2.27. The maximum absolute atomic E-state index is 12.0. The summed E-state index contributed by atoms with van der Waals surface area (Å²) in [5, 5.41) is 0. The molecule has 1 aliphatic heterocycles. The molecule has 2 atom stereocenters. The number of hydrogen-bond acceptors (Lipinski definition) is 3. The Hall–Kier alpha value is -0.610. The van der Waals surface area contributed by atoms with Crippen LogP contribution < -0.4 is 5.73 Å². The van der Waals surface area contributed by atoms with Crippen LogP contribution in [0.3, 0.4) is 0 Å². The van der Waals surface area contributed by atoms with E-state index in [9.17, 15) is 4.79 Å². The second kappa shape index (κ2) is 7.67. The van der Waals surface area contributed by atoms with E-state index in [0.29, 0.717) is 12.5 Å². The van der Waals surface area contributed by atoms with Crippen molar-refractivity contribution in [3.8, 4) is 0 Å². The molecule has 0 spiro atoms. The fourth-order valence-electron chi connectivity index (χ4n) is 2.48. The highest BCUT2D eigenvalue weighted by Gasteiger charge is 2.28. The van der Waals surface area contributed by atoms with Crippen LogP contribution in [0, 0.1) is 5.92 Å². The predicted octanol–water partition coefficient (Wildman–Crippen LogP) is 1.39. The molecule has 4 heteroatoms. The molecule has 1 saturated heterocycles. The van der Waals surface area contributed by atoms with E-state index in [1.54, 1.807) is 7.11 Å². The number of carbonyl (C=O) groups is 1. The molecule has 0 aromatic rings. The molecule has 2 N–H and O–H groups in total. The Morgan fingerprint density at radius 3 is 3.00 bits per heavy atom. The lowest BCUT2D eigenvalue weighted by atomic mass is 10.0. The van der Waals surface area contributed by atoms with Gasteiger partial charge in [0.15, 0.2) is 0 Å². The van der Waals surface area contributed by atoms with Crippen molar-refractivity contribution < 1.29 is 9.53 Å². The zero-order valence-corrected chi connectivity index (χ0v) is 11.2. The van der Waals surface area contributed by atoms with Gasteiger partial charge in [0.2, 0.25) is 5.91 Å². The number of carbonyl (C=O) groups excluding carboxylic acids is 1. The van der Waals surface area contributed by atoms with Gasteiger partial charge in [-0.2, -0.15) is 0 Å². The van der Waals surface area contributed by atoms with Crippen molar-refractivity contribution in [1.82, 2.24) is 4.90 Å². The van der Waals surface area contributed by atoms with Crippen LogP contribution >= 0.6 is 0 Å². The van der Waals surface area contributed by atoms with Crippen LogP contribution in [0.25, 0.3) is 0 Å². The van der Waals surface area contributed by atoms with E-state index in [1.165, 1.54) is 12.8 Å². The van der Waals surface area contributed by atoms with E-state index in [4.69, 9.17) is 10.5 Å². The standard InChI is InChI=1S/C13H26N2O2/c1-3-5-11-7-8-15(10-11)13(16)12(14)6-4-9-17-2/h11-12H,3-10,14H2,1-2H3. The molecule has 1 heterocycles. The van der Waals surface area contributed by atoms with Gasteiger partial charge < -0.3 is 15.4 Å². The summed E-state index contributed by atoms with van der Waals surface area (Å²) in [6, 6.07) is -0.342. The Kier molecular flexibility index (Phi) is 6.52. The van der Waals surface area contributed by atoms with Crippen LogP contribution in [0.4, 0.5) is 0 Å². The summed E-state index contributed by atoms with van der Waals surface area (Å²) in [5.41, 5.74) is 5.91. The molecular weight excluding hydrogens is 216 g/mol. The molecule has 0 aliphatic carbocycles. The normalized spacial score (nSPS) is 21.8. The van der Waals surface area contributed by atoms with Gasteiger partial charge in [-0.05, 0) is 31.6 Å². The van der Waals surface area contributed by atoms with Crippen molar-refractivity contribution in [2.45, 2.75) is 45.1 Å². The highest BCUT2D eigenvalue weighted by molar-refractivity contribution is 5.81. The van der Waals surface area contributed by atoms with Gasteiger partial charge in [0.05, 0.1) is 6.04 Å². The third-order valence-electron chi connectivity index (χ3n) is 3.48. The quantitative estimate of drug-likeness (QED) is 0.686. The molecule has 1 aliphatic rings. The largest absolute Gasteiger partial charge is 0.385 e. The molecular formula is C13H26N2O2. The number of methoxy groups -OCH3 is 1. The molecule has 17 heavy (non-hydrogen) atoms. The Morgan fingerprint density at radius 2 is 2.35 bits per heavy atom. The lowest BCUT2D eigenvalue weighted by Crippen LogP contribution is -2.42. The van der Waals surface area contributed by atoms with Crippen molar-refractivity contribution >= 4 is 5.91 Å². The summed E-state index contributed by atoms with van der Waals surface area (Å²) >= 11 is 0. The molecule has 2 unspecified atom stereocenters. The maximum Gasteiger partial charge on any atom is 0.239 e. The molecule has 0 aromatic carbocycles. The van der Waals surface area contributed by atoms with Crippen molar-refractivity contribution in [3.63, 3.8) is 0 Å². The summed E-state index contributed by atoms with van der Waals surface area (Å²) in [6.45, 7) is 4.67. The van der Waals surface area contributed by atoms with Gasteiger partial charge in [-0.15, -0.1) is 0 Å². The minimum absolute atomic E-state index is 0.125. The number of nitrogens with two attached hydrogens (primary N) is 1. The Bertz CT molecular complexity index is 233. The molecule has 0 radical (unpaired) electrons. The fraction of sp³-hybridized carbons (Fsp3) is 0.923. The minimum Gasteiger partial charge on any atom is -0.385 e. The van der Waals surface area contributed by atoms with Gasteiger partial charge in [-0.3, -0.25) is 4.79 Å². The van der Waals surface area contributed by atoms with Gasteiger partial charge in [0.1, 0.15) is 0 Å². The monoisotopic (exact) mass is 242 g/mol. The fourth-order valence-corrected chi connectivity index (χ4v) is 2.48. The Labute approximate surface area is 104 Å². The average molecular weight is 242 g/mol. The van der Waals surface area contributed by atoms with Gasteiger partial charge in [0.25, 0.3) is 0 Å².